The first-order valence-electron chi connectivity index (χ1n) is 18.4. The summed E-state index contributed by atoms with van der Waals surface area (Å²) in [6.45, 7) is 0. The van der Waals surface area contributed by atoms with E-state index in [4.69, 9.17) is 29.3 Å². The van der Waals surface area contributed by atoms with Gasteiger partial charge in [-0.25, -0.2) is 24.9 Å². The molecule has 0 fully saturated rings. The molecule has 7 aromatic carbocycles. The lowest BCUT2D eigenvalue weighted by Crippen LogP contribution is -2.00. The molecule has 262 valence electrons. The number of nitrogens with zero attached hydrogens (tertiary/aromatic N) is 5. The average Bonchev–Trinajstić information content (AvgIpc) is 3.85. The molecule has 0 aliphatic carbocycles. The Kier molecular flexibility index (Phi) is 7.57. The Morgan fingerprint density at radius 3 is 1.68 bits per heavy atom. The number of aromatic nitrogens is 5. The van der Waals surface area contributed by atoms with Gasteiger partial charge in [-0.3, -0.25) is 0 Å². The van der Waals surface area contributed by atoms with Gasteiger partial charge in [-0.1, -0.05) is 152 Å². The zero-order valence-electron chi connectivity index (χ0n) is 29.8. The third kappa shape index (κ3) is 5.52. The van der Waals surface area contributed by atoms with E-state index in [0.29, 0.717) is 23.3 Å². The predicted octanol–water partition coefficient (Wildman–Crippen LogP) is 12.9. The van der Waals surface area contributed by atoms with Gasteiger partial charge in [0, 0.05) is 48.7 Å². The van der Waals surface area contributed by atoms with E-state index in [9.17, 15) is 0 Å². The van der Waals surface area contributed by atoms with Crippen LogP contribution < -0.4 is 0 Å². The molecule has 0 aliphatic rings. The number of benzene rings is 7. The topological polar surface area (TPSA) is 77.6 Å². The summed E-state index contributed by atoms with van der Waals surface area (Å²) in [6.07, 6.45) is 0. The van der Waals surface area contributed by atoms with Crippen molar-refractivity contribution in [3.63, 3.8) is 0 Å². The molecular formula is C49H29N5OS. The van der Waals surface area contributed by atoms with Crippen LogP contribution in [0.2, 0.25) is 0 Å². The predicted molar refractivity (Wildman–Crippen MR) is 228 cm³/mol. The van der Waals surface area contributed by atoms with Crippen molar-refractivity contribution in [2.75, 3.05) is 0 Å². The molecule has 0 aliphatic heterocycles. The second-order valence-corrected chi connectivity index (χ2v) is 14.7. The molecule has 0 saturated heterocycles. The summed E-state index contributed by atoms with van der Waals surface area (Å²) >= 11 is 1.73. The Morgan fingerprint density at radius 2 is 0.946 bits per heavy atom. The molecule has 0 spiro atoms. The lowest BCUT2D eigenvalue weighted by Gasteiger charge is -2.09. The van der Waals surface area contributed by atoms with E-state index in [1.165, 1.54) is 4.70 Å². The van der Waals surface area contributed by atoms with E-state index >= 15 is 0 Å². The highest BCUT2D eigenvalue weighted by Gasteiger charge is 2.21. The Labute approximate surface area is 325 Å². The van der Waals surface area contributed by atoms with E-state index in [-0.39, 0.29) is 0 Å². The molecule has 11 rings (SSSR count). The first-order valence-corrected chi connectivity index (χ1v) is 19.2. The number of hydrogen-bond donors (Lipinski definition) is 0. The molecule has 0 atom stereocenters. The van der Waals surface area contributed by atoms with Gasteiger partial charge >= 0.3 is 0 Å². The normalized spacial score (nSPS) is 11.6. The van der Waals surface area contributed by atoms with Crippen LogP contribution in [0.5, 0.6) is 0 Å². The van der Waals surface area contributed by atoms with E-state index < -0.39 is 0 Å². The van der Waals surface area contributed by atoms with Gasteiger partial charge in [0.05, 0.1) is 15.9 Å². The van der Waals surface area contributed by atoms with Gasteiger partial charge in [0.2, 0.25) is 0 Å². The summed E-state index contributed by atoms with van der Waals surface area (Å²) in [5.41, 5.74) is 10.3. The number of furan rings is 1. The van der Waals surface area contributed by atoms with Crippen LogP contribution >= 0.6 is 11.3 Å². The minimum atomic E-state index is 0.564. The minimum Gasteiger partial charge on any atom is -0.456 e. The lowest BCUT2D eigenvalue weighted by molar-refractivity contribution is 0.669. The molecule has 0 bridgehead atoms. The second-order valence-electron chi connectivity index (χ2n) is 13.6. The van der Waals surface area contributed by atoms with Crippen LogP contribution in [0.25, 0.3) is 110 Å². The average molecular weight is 736 g/mol. The van der Waals surface area contributed by atoms with Crippen LogP contribution in [0.3, 0.4) is 0 Å². The molecule has 4 aromatic heterocycles. The molecule has 0 unspecified atom stereocenters. The molecular weight excluding hydrogens is 707 g/mol. The zero-order valence-corrected chi connectivity index (χ0v) is 30.6. The Morgan fingerprint density at radius 1 is 0.375 bits per heavy atom. The van der Waals surface area contributed by atoms with Gasteiger partial charge in [0.1, 0.15) is 11.2 Å². The molecule has 56 heavy (non-hydrogen) atoms. The monoisotopic (exact) mass is 735 g/mol. The van der Waals surface area contributed by atoms with Gasteiger partial charge in [0.15, 0.2) is 23.3 Å². The van der Waals surface area contributed by atoms with Crippen LogP contribution in [0, 0.1) is 0 Å². The van der Waals surface area contributed by atoms with Crippen LogP contribution in [0.15, 0.2) is 180 Å². The Hall–Kier alpha value is -7.35. The van der Waals surface area contributed by atoms with E-state index in [2.05, 4.69) is 103 Å². The number of thiophene rings is 1. The first kappa shape index (κ1) is 32.1. The third-order valence-electron chi connectivity index (χ3n) is 10.2. The highest BCUT2D eigenvalue weighted by molar-refractivity contribution is 7.26. The molecule has 0 amide bonds. The van der Waals surface area contributed by atoms with Crippen LogP contribution in [-0.2, 0) is 0 Å². The van der Waals surface area contributed by atoms with Gasteiger partial charge < -0.3 is 4.42 Å². The Bertz CT molecular complexity index is 3230. The summed E-state index contributed by atoms with van der Waals surface area (Å²) in [4.78, 5) is 25.5. The van der Waals surface area contributed by atoms with Crippen LogP contribution in [0.4, 0.5) is 0 Å². The summed E-state index contributed by atoms with van der Waals surface area (Å²) in [7, 11) is 0. The SMILES string of the molecule is c1ccc(-c2ccc(-c3nc(-c4ccccc4)nc(-c4ccc5c(c4)oc4cccc(-c6nc(-c7ccccc7)c7sc8ccccc8c7n6)c45)n3)cc2)cc1. The highest BCUT2D eigenvalue weighted by Crippen LogP contribution is 2.42. The standard InChI is InChI=1S/C49H29N5OS/c1-4-13-30(14-5-1)31-23-25-34(26-24-31)47-52-46(33-17-8-3-9-18-33)53-48(54-47)35-27-28-36-40(29-35)55-39-21-12-20-38(42(36)39)49-50-43(32-15-6-2-7-16-32)45-44(51-49)37-19-10-11-22-41(37)56-45/h1-29H. The van der Waals surface area contributed by atoms with Crippen LogP contribution in [0.1, 0.15) is 0 Å². The maximum absolute atomic E-state index is 6.59. The fraction of sp³-hybridized carbons (Fsp3) is 0. The van der Waals surface area contributed by atoms with Crippen molar-refractivity contribution in [1.29, 1.82) is 0 Å². The van der Waals surface area contributed by atoms with Crippen molar-refractivity contribution >= 4 is 53.6 Å². The summed E-state index contributed by atoms with van der Waals surface area (Å²) in [6, 6.07) is 59.8. The van der Waals surface area contributed by atoms with Crippen molar-refractivity contribution in [1.82, 2.24) is 24.9 Å². The minimum absolute atomic E-state index is 0.564. The summed E-state index contributed by atoms with van der Waals surface area (Å²) in [5, 5.41) is 3.06. The molecule has 11 aromatic rings. The van der Waals surface area contributed by atoms with Gasteiger partial charge in [-0.15, -0.1) is 11.3 Å². The third-order valence-corrected chi connectivity index (χ3v) is 11.3. The highest BCUT2D eigenvalue weighted by atomic mass is 32.1. The number of hydrogen-bond acceptors (Lipinski definition) is 7. The zero-order chi connectivity index (χ0) is 37.0. The molecule has 4 heterocycles. The Balaban J connectivity index is 1.05. The van der Waals surface area contributed by atoms with E-state index in [1.54, 1.807) is 11.3 Å². The number of fused-ring (bicyclic) bond motifs is 6. The summed E-state index contributed by atoms with van der Waals surface area (Å²) in [5.74, 6) is 2.43. The molecule has 6 nitrogen and oxygen atoms in total. The smallest absolute Gasteiger partial charge is 0.164 e. The molecule has 0 N–H and O–H groups in total. The molecule has 7 heteroatoms. The maximum Gasteiger partial charge on any atom is 0.164 e. The maximum atomic E-state index is 6.59. The van der Waals surface area contributed by atoms with E-state index in [1.807, 2.05) is 72.8 Å². The summed E-state index contributed by atoms with van der Waals surface area (Å²) < 4.78 is 8.86. The van der Waals surface area contributed by atoms with Crippen molar-refractivity contribution in [3.05, 3.63) is 176 Å². The quantitative estimate of drug-likeness (QED) is 0.169. The largest absolute Gasteiger partial charge is 0.456 e. The van der Waals surface area contributed by atoms with Crippen molar-refractivity contribution < 1.29 is 4.42 Å². The first-order chi connectivity index (χ1) is 27.7. The van der Waals surface area contributed by atoms with Gasteiger partial charge in [-0.2, -0.15) is 0 Å². The lowest BCUT2D eigenvalue weighted by atomic mass is 10.0. The van der Waals surface area contributed by atoms with Crippen LogP contribution in [-0.4, -0.2) is 24.9 Å². The van der Waals surface area contributed by atoms with Crippen molar-refractivity contribution in [2.45, 2.75) is 0 Å². The molecule has 0 saturated carbocycles. The van der Waals surface area contributed by atoms with Crippen molar-refractivity contribution in [2.24, 2.45) is 0 Å². The van der Waals surface area contributed by atoms with Gasteiger partial charge in [-0.05, 0) is 35.4 Å². The molecule has 0 radical (unpaired) electrons. The number of rotatable bonds is 6. The van der Waals surface area contributed by atoms with E-state index in [0.717, 1.165) is 82.2 Å². The fourth-order valence-corrected chi connectivity index (χ4v) is 8.60. The van der Waals surface area contributed by atoms with Crippen molar-refractivity contribution in [3.8, 4) is 67.9 Å². The van der Waals surface area contributed by atoms with Gasteiger partial charge in [0.25, 0.3) is 0 Å². The second kappa shape index (κ2) is 13.2. The fourth-order valence-electron chi connectivity index (χ4n) is 7.45.